The van der Waals surface area contributed by atoms with Gasteiger partial charge in [0.15, 0.2) is 5.16 Å². The second-order valence-electron chi connectivity index (χ2n) is 7.59. The Morgan fingerprint density at radius 3 is 2.64 bits per heavy atom. The van der Waals surface area contributed by atoms with Crippen molar-refractivity contribution in [1.82, 2.24) is 20.3 Å². The van der Waals surface area contributed by atoms with Gasteiger partial charge in [-0.15, -0.1) is 0 Å². The predicted octanol–water partition coefficient (Wildman–Crippen LogP) is 3.43. The molecule has 6 heteroatoms. The van der Waals surface area contributed by atoms with Crippen LogP contribution in [0.25, 0.3) is 0 Å². The fraction of sp³-hybridized carbons (Fsp3) is 0.812. The zero-order chi connectivity index (χ0) is 16.3. The van der Waals surface area contributed by atoms with E-state index < -0.39 is 0 Å². The normalized spacial score (nSPS) is 24.6. The zero-order valence-corrected chi connectivity index (χ0v) is 15.2. The third-order valence-electron chi connectivity index (χ3n) is 4.13. The average molecular weight is 324 g/mol. The molecule has 0 radical (unpaired) electrons. The van der Waals surface area contributed by atoms with Gasteiger partial charge >= 0.3 is 0 Å². The Hall–Kier alpha value is -0.880. The van der Waals surface area contributed by atoms with Gasteiger partial charge in [0, 0.05) is 17.8 Å². The van der Waals surface area contributed by atoms with Crippen LogP contribution in [0.3, 0.4) is 0 Å². The van der Waals surface area contributed by atoms with Crippen LogP contribution in [0.15, 0.2) is 5.16 Å². The topological polar surface area (TPSA) is 76.7 Å². The number of nitrogen functional groups attached to an aromatic ring is 1. The van der Waals surface area contributed by atoms with Crippen molar-refractivity contribution in [3.8, 4) is 0 Å². The van der Waals surface area contributed by atoms with Gasteiger partial charge in [-0.25, -0.2) is 4.98 Å². The Morgan fingerprint density at radius 1 is 1.27 bits per heavy atom. The Balaban J connectivity index is 1.88. The Bertz CT molecular complexity index is 503. The quantitative estimate of drug-likeness (QED) is 0.638. The molecule has 2 rings (SSSR count). The van der Waals surface area contributed by atoms with Crippen LogP contribution in [-0.4, -0.2) is 26.9 Å². The number of rotatable bonds is 5. The summed E-state index contributed by atoms with van der Waals surface area (Å²) in [5, 5.41) is 4.36. The van der Waals surface area contributed by atoms with Crippen molar-refractivity contribution < 1.29 is 0 Å². The van der Waals surface area contributed by atoms with Crippen LogP contribution in [0.4, 0.5) is 5.95 Å². The second kappa shape index (κ2) is 7.13. The maximum atomic E-state index is 5.77. The molecule has 0 spiro atoms. The standard InChI is InChI=1S/C16H29N5S/c1-10(2)13-19-14(17)21-15(20-13)22-9-18-12-6-11(3)7-16(4,5)8-12/h10-12,18H,6-9H2,1-5H3,(H2,17,19,20,21). The molecule has 0 saturated heterocycles. The van der Waals surface area contributed by atoms with E-state index in [9.17, 15) is 0 Å². The molecule has 124 valence electrons. The molecule has 2 unspecified atom stereocenters. The molecule has 3 N–H and O–H groups in total. The molecule has 1 aliphatic carbocycles. The third-order valence-corrected chi connectivity index (χ3v) is 4.88. The lowest BCUT2D eigenvalue weighted by molar-refractivity contribution is 0.155. The highest BCUT2D eigenvalue weighted by Gasteiger charge is 2.31. The molecule has 0 bridgehead atoms. The van der Waals surface area contributed by atoms with Crippen molar-refractivity contribution in [2.75, 3.05) is 11.6 Å². The first-order valence-electron chi connectivity index (χ1n) is 8.13. The van der Waals surface area contributed by atoms with E-state index in [2.05, 4.69) is 54.9 Å². The number of hydrogen-bond acceptors (Lipinski definition) is 6. The fourth-order valence-corrected chi connectivity index (χ4v) is 4.20. The maximum Gasteiger partial charge on any atom is 0.224 e. The van der Waals surface area contributed by atoms with Crippen molar-refractivity contribution in [3.05, 3.63) is 5.82 Å². The molecule has 1 saturated carbocycles. The predicted molar refractivity (Wildman–Crippen MR) is 92.8 cm³/mol. The van der Waals surface area contributed by atoms with E-state index >= 15 is 0 Å². The molecule has 22 heavy (non-hydrogen) atoms. The lowest BCUT2D eigenvalue weighted by Crippen LogP contribution is -2.40. The molecule has 1 aromatic heterocycles. The fourth-order valence-electron chi connectivity index (χ4n) is 3.44. The average Bonchev–Trinajstić information content (AvgIpc) is 2.35. The monoisotopic (exact) mass is 323 g/mol. The largest absolute Gasteiger partial charge is 0.368 e. The molecule has 1 heterocycles. The van der Waals surface area contributed by atoms with Crippen LogP contribution < -0.4 is 11.1 Å². The van der Waals surface area contributed by atoms with E-state index in [4.69, 9.17) is 5.73 Å². The Morgan fingerprint density at radius 2 is 2.00 bits per heavy atom. The van der Waals surface area contributed by atoms with E-state index in [1.165, 1.54) is 19.3 Å². The molecule has 2 atom stereocenters. The van der Waals surface area contributed by atoms with Crippen molar-refractivity contribution in [2.45, 2.75) is 71.0 Å². The molecule has 1 aromatic rings. The number of nitrogens with two attached hydrogens (primary N) is 1. The number of thioether (sulfide) groups is 1. The van der Waals surface area contributed by atoms with Gasteiger partial charge in [-0.1, -0.05) is 46.4 Å². The van der Waals surface area contributed by atoms with Crippen LogP contribution >= 0.6 is 11.8 Å². The summed E-state index contributed by atoms with van der Waals surface area (Å²) < 4.78 is 0. The summed E-state index contributed by atoms with van der Waals surface area (Å²) >= 11 is 1.61. The smallest absolute Gasteiger partial charge is 0.224 e. The molecule has 1 aliphatic rings. The highest BCUT2D eigenvalue weighted by Crippen LogP contribution is 2.38. The van der Waals surface area contributed by atoms with Gasteiger partial charge in [0.1, 0.15) is 5.82 Å². The number of hydrogen-bond donors (Lipinski definition) is 2. The highest BCUT2D eigenvalue weighted by molar-refractivity contribution is 7.99. The highest BCUT2D eigenvalue weighted by atomic mass is 32.2. The van der Waals surface area contributed by atoms with Gasteiger partial charge in [-0.05, 0) is 30.6 Å². The maximum absolute atomic E-state index is 5.77. The summed E-state index contributed by atoms with van der Waals surface area (Å²) in [5.74, 6) is 2.94. The summed E-state index contributed by atoms with van der Waals surface area (Å²) in [5.41, 5.74) is 6.20. The van der Waals surface area contributed by atoms with E-state index in [1.54, 1.807) is 11.8 Å². The summed E-state index contributed by atoms with van der Waals surface area (Å²) in [6.45, 7) is 11.2. The van der Waals surface area contributed by atoms with E-state index in [0.29, 0.717) is 22.6 Å². The lowest BCUT2D eigenvalue weighted by atomic mass is 9.71. The lowest BCUT2D eigenvalue weighted by Gasteiger charge is -2.39. The van der Waals surface area contributed by atoms with Crippen LogP contribution in [0, 0.1) is 11.3 Å². The van der Waals surface area contributed by atoms with Crippen LogP contribution in [0.2, 0.25) is 0 Å². The van der Waals surface area contributed by atoms with Crippen molar-refractivity contribution >= 4 is 17.7 Å². The van der Waals surface area contributed by atoms with Gasteiger partial charge in [0.2, 0.25) is 5.95 Å². The third kappa shape index (κ3) is 5.09. The van der Waals surface area contributed by atoms with Gasteiger partial charge < -0.3 is 11.1 Å². The van der Waals surface area contributed by atoms with Crippen molar-refractivity contribution in [3.63, 3.8) is 0 Å². The summed E-state index contributed by atoms with van der Waals surface area (Å²) in [7, 11) is 0. The number of anilines is 1. The molecule has 5 nitrogen and oxygen atoms in total. The van der Waals surface area contributed by atoms with Gasteiger partial charge in [0.25, 0.3) is 0 Å². The van der Waals surface area contributed by atoms with E-state index in [-0.39, 0.29) is 5.92 Å². The first kappa shape index (κ1) is 17.5. The number of nitrogens with zero attached hydrogens (tertiary/aromatic N) is 3. The molecule has 1 fully saturated rings. The molecule has 0 aromatic carbocycles. The van der Waals surface area contributed by atoms with E-state index in [1.807, 2.05) is 0 Å². The molecular weight excluding hydrogens is 294 g/mol. The van der Waals surface area contributed by atoms with E-state index in [0.717, 1.165) is 17.6 Å². The molecule has 0 amide bonds. The molecular formula is C16H29N5S. The van der Waals surface area contributed by atoms with Crippen molar-refractivity contribution in [1.29, 1.82) is 0 Å². The van der Waals surface area contributed by atoms with Gasteiger partial charge in [-0.2, -0.15) is 9.97 Å². The SMILES string of the molecule is CC1CC(NCSc2nc(N)nc(C(C)C)n2)CC(C)(C)C1. The summed E-state index contributed by atoms with van der Waals surface area (Å²) in [6, 6.07) is 0.579. The zero-order valence-electron chi connectivity index (χ0n) is 14.4. The van der Waals surface area contributed by atoms with Crippen LogP contribution in [-0.2, 0) is 0 Å². The minimum Gasteiger partial charge on any atom is -0.368 e. The second-order valence-corrected chi connectivity index (χ2v) is 8.53. The van der Waals surface area contributed by atoms with Crippen molar-refractivity contribution in [2.24, 2.45) is 11.3 Å². The summed E-state index contributed by atoms with van der Waals surface area (Å²) in [6.07, 6.45) is 3.80. The Kier molecular flexibility index (Phi) is 5.66. The van der Waals surface area contributed by atoms with Crippen LogP contribution in [0.1, 0.15) is 65.6 Å². The minimum absolute atomic E-state index is 0.262. The van der Waals surface area contributed by atoms with Gasteiger partial charge in [-0.3, -0.25) is 0 Å². The Labute approximate surface area is 138 Å². The molecule has 0 aliphatic heterocycles. The number of nitrogens with one attached hydrogen (secondary N) is 1. The first-order chi connectivity index (χ1) is 10.2. The number of aromatic nitrogens is 3. The first-order valence-corrected chi connectivity index (χ1v) is 9.11. The van der Waals surface area contributed by atoms with Crippen LogP contribution in [0.5, 0.6) is 0 Å². The minimum atomic E-state index is 0.262. The van der Waals surface area contributed by atoms with Gasteiger partial charge in [0.05, 0.1) is 0 Å². The summed E-state index contributed by atoms with van der Waals surface area (Å²) in [4.78, 5) is 12.9.